The Morgan fingerprint density at radius 1 is 1.08 bits per heavy atom. The molecule has 198 valence electrons. The van der Waals surface area contributed by atoms with Crippen molar-refractivity contribution in [3.8, 4) is 11.3 Å². The molecular weight excluding hydrogens is 525 g/mol. The first-order chi connectivity index (χ1) is 18.4. The third-order valence-corrected chi connectivity index (χ3v) is 9.61. The van der Waals surface area contributed by atoms with Crippen molar-refractivity contribution < 1.29 is 19.2 Å². The van der Waals surface area contributed by atoms with Crippen LogP contribution >= 0.6 is 23.2 Å². The van der Waals surface area contributed by atoms with Gasteiger partial charge in [-0.25, -0.2) is 4.79 Å². The molecule has 2 aromatic heterocycles. The molecule has 2 bridgehead atoms. The quantitative estimate of drug-likeness (QED) is 0.333. The van der Waals surface area contributed by atoms with Crippen molar-refractivity contribution in [2.24, 2.45) is 5.41 Å². The second-order valence-electron chi connectivity index (χ2n) is 11.5. The number of halogens is 2. The lowest BCUT2D eigenvalue weighted by atomic mass is 9.59. The molecule has 2 aliphatic carbocycles. The predicted molar refractivity (Wildman–Crippen MR) is 144 cm³/mol. The summed E-state index contributed by atoms with van der Waals surface area (Å²) >= 11 is 13.0. The van der Waals surface area contributed by atoms with Gasteiger partial charge in [-0.2, -0.15) is 0 Å². The molecule has 4 fully saturated rings. The van der Waals surface area contributed by atoms with Crippen LogP contribution in [0.5, 0.6) is 0 Å². The third-order valence-electron chi connectivity index (χ3n) is 8.98. The zero-order valence-corrected chi connectivity index (χ0v) is 22.4. The Labute approximate surface area is 231 Å². The van der Waals surface area contributed by atoms with E-state index in [-0.39, 0.29) is 11.7 Å². The highest BCUT2D eigenvalue weighted by molar-refractivity contribution is 6.39. The number of hydrogen-bond acceptors (Lipinski definition) is 6. The van der Waals surface area contributed by atoms with Gasteiger partial charge in [0.25, 0.3) is 0 Å². The molecule has 9 heteroatoms. The van der Waals surface area contributed by atoms with Crippen LogP contribution in [0.2, 0.25) is 10.0 Å². The summed E-state index contributed by atoms with van der Waals surface area (Å²) in [6.45, 7) is 0.444. The van der Waals surface area contributed by atoms with E-state index in [9.17, 15) is 9.90 Å². The molecule has 2 saturated heterocycles. The molecule has 1 spiro atoms. The average Bonchev–Trinajstić information content (AvgIpc) is 3.58. The fourth-order valence-electron chi connectivity index (χ4n) is 7.16. The van der Waals surface area contributed by atoms with Gasteiger partial charge in [0.1, 0.15) is 11.5 Å². The van der Waals surface area contributed by atoms with Crippen LogP contribution < -0.4 is 4.90 Å². The first-order valence-electron chi connectivity index (χ1n) is 13.4. The topological polar surface area (TPSA) is 88.7 Å². The molecule has 7 nitrogen and oxygen atoms in total. The van der Waals surface area contributed by atoms with Crippen molar-refractivity contribution in [2.75, 3.05) is 4.90 Å². The normalized spacial score (nSPS) is 28.1. The lowest BCUT2D eigenvalue weighted by Crippen LogP contribution is -2.54. The van der Waals surface area contributed by atoms with Crippen LogP contribution in [0.4, 0.5) is 5.69 Å². The Morgan fingerprint density at radius 3 is 2.45 bits per heavy atom. The molecule has 38 heavy (non-hydrogen) atoms. The van der Waals surface area contributed by atoms with Crippen LogP contribution in [-0.4, -0.2) is 39.4 Å². The van der Waals surface area contributed by atoms with Gasteiger partial charge in [-0.3, -0.25) is 4.98 Å². The number of fused-ring (bicyclic) bond motifs is 2. The molecule has 3 aromatic rings. The lowest BCUT2D eigenvalue weighted by molar-refractivity contribution is -0.103. The summed E-state index contributed by atoms with van der Waals surface area (Å²) in [6.07, 6.45) is 12.2. The number of piperidine rings is 1. The summed E-state index contributed by atoms with van der Waals surface area (Å²) in [4.78, 5) is 18.1. The number of pyridine rings is 1. The van der Waals surface area contributed by atoms with Gasteiger partial charge in [-0.1, -0.05) is 34.4 Å². The second kappa shape index (κ2) is 9.25. The summed E-state index contributed by atoms with van der Waals surface area (Å²) in [5, 5.41) is 14.9. The van der Waals surface area contributed by atoms with Crippen LogP contribution in [0.3, 0.4) is 0 Å². The van der Waals surface area contributed by atoms with Crippen molar-refractivity contribution >= 4 is 34.9 Å². The van der Waals surface area contributed by atoms with Gasteiger partial charge in [0, 0.05) is 35.3 Å². The van der Waals surface area contributed by atoms with Gasteiger partial charge in [-0.15, -0.1) is 0 Å². The summed E-state index contributed by atoms with van der Waals surface area (Å²) in [6, 6.07) is 8.09. The van der Waals surface area contributed by atoms with Crippen LogP contribution in [0.25, 0.3) is 11.3 Å². The van der Waals surface area contributed by atoms with Crippen molar-refractivity contribution in [1.29, 1.82) is 0 Å². The molecular formula is C29H29Cl2N3O4. The van der Waals surface area contributed by atoms with E-state index in [2.05, 4.69) is 15.0 Å². The fourth-order valence-corrected chi connectivity index (χ4v) is 7.74. The van der Waals surface area contributed by atoms with Gasteiger partial charge >= 0.3 is 5.97 Å². The van der Waals surface area contributed by atoms with Crippen LogP contribution in [0.1, 0.15) is 79.0 Å². The maximum atomic E-state index is 11.5. The Kier molecular flexibility index (Phi) is 5.95. The van der Waals surface area contributed by atoms with E-state index in [0.29, 0.717) is 51.3 Å². The maximum Gasteiger partial charge on any atom is 0.337 e. The SMILES string of the molecule is O=C(O)c1cncc(N2[C@@H]3CC[C@H]2CC2(CC(OCc4c(-c5c(Cl)cccc5Cl)noc4C4CC4)C2)C3)c1. The molecule has 1 N–H and O–H groups in total. The van der Waals surface area contributed by atoms with Crippen molar-refractivity contribution in [3.63, 3.8) is 0 Å². The van der Waals surface area contributed by atoms with Crippen LogP contribution in [0, 0.1) is 5.41 Å². The number of aromatic carboxylic acids is 1. The van der Waals surface area contributed by atoms with E-state index in [1.54, 1.807) is 6.07 Å². The van der Waals surface area contributed by atoms with Gasteiger partial charge in [0.2, 0.25) is 0 Å². The van der Waals surface area contributed by atoms with E-state index >= 15 is 0 Å². The maximum absolute atomic E-state index is 11.5. The van der Waals surface area contributed by atoms with E-state index in [1.165, 1.54) is 6.20 Å². The number of aromatic nitrogens is 2. The molecule has 0 unspecified atom stereocenters. The Morgan fingerprint density at radius 2 is 1.79 bits per heavy atom. The molecule has 7 rings (SSSR count). The van der Waals surface area contributed by atoms with Crippen molar-refractivity contribution in [2.45, 2.75) is 82.1 Å². The number of carbonyl (C=O) groups is 1. The van der Waals surface area contributed by atoms with Gasteiger partial charge < -0.3 is 19.3 Å². The molecule has 1 aromatic carbocycles. The molecule has 0 radical (unpaired) electrons. The van der Waals surface area contributed by atoms with Crippen molar-refractivity contribution in [1.82, 2.24) is 10.1 Å². The number of carboxylic acids is 1. The largest absolute Gasteiger partial charge is 0.478 e. The number of ether oxygens (including phenoxy) is 1. The summed E-state index contributed by atoms with van der Waals surface area (Å²) in [7, 11) is 0. The molecule has 4 aliphatic rings. The van der Waals surface area contributed by atoms with E-state index in [0.717, 1.165) is 68.4 Å². The number of rotatable bonds is 7. The van der Waals surface area contributed by atoms with E-state index < -0.39 is 5.97 Å². The smallest absolute Gasteiger partial charge is 0.337 e. The first kappa shape index (κ1) is 24.4. The number of anilines is 1. The van der Waals surface area contributed by atoms with Crippen molar-refractivity contribution in [3.05, 3.63) is 63.6 Å². The zero-order chi connectivity index (χ0) is 26.0. The van der Waals surface area contributed by atoms with Crippen LogP contribution in [-0.2, 0) is 11.3 Å². The number of benzene rings is 1. The summed E-state index contributed by atoms with van der Waals surface area (Å²) in [5.41, 5.74) is 3.86. The summed E-state index contributed by atoms with van der Waals surface area (Å²) < 4.78 is 12.3. The van der Waals surface area contributed by atoms with E-state index in [4.69, 9.17) is 32.5 Å². The highest BCUT2D eigenvalue weighted by atomic mass is 35.5. The zero-order valence-electron chi connectivity index (χ0n) is 20.9. The summed E-state index contributed by atoms with van der Waals surface area (Å²) in [5.74, 6) is 0.378. The first-order valence-corrected chi connectivity index (χ1v) is 14.2. The van der Waals surface area contributed by atoms with Gasteiger partial charge in [0.15, 0.2) is 0 Å². The lowest BCUT2D eigenvalue weighted by Gasteiger charge is -2.55. The highest BCUT2D eigenvalue weighted by Gasteiger charge is 2.54. The number of carboxylic acid groups (broad SMARTS) is 1. The number of nitrogens with zero attached hydrogens (tertiary/aromatic N) is 3. The minimum absolute atomic E-state index is 0.203. The fraction of sp³-hybridized carbons (Fsp3) is 0.483. The van der Waals surface area contributed by atoms with Gasteiger partial charge in [-0.05, 0) is 75.0 Å². The molecule has 2 aliphatic heterocycles. The minimum Gasteiger partial charge on any atom is -0.478 e. The predicted octanol–water partition coefficient (Wildman–Crippen LogP) is 7.12. The van der Waals surface area contributed by atoms with Crippen LogP contribution in [0.15, 0.2) is 41.2 Å². The molecule has 0 amide bonds. The number of hydrogen-bond donors (Lipinski definition) is 1. The standard InChI is InChI=1S/C29H29Cl2N3O4/c30-23-2-1-3-24(31)25(23)26-22(27(38-33-26)16-4-5-16)15-37-21-11-29(12-21)9-18-6-7-19(10-29)34(18)20-8-17(28(35)36)13-32-14-20/h1-3,8,13-14,16,18-19,21H,4-7,9-12,15H2,(H,35,36)/t18-,19+,21?,29?. The molecule has 2 saturated carbocycles. The Balaban J connectivity index is 1.04. The molecule has 4 heterocycles. The van der Waals surface area contributed by atoms with E-state index in [1.807, 2.05) is 24.4 Å². The minimum atomic E-state index is -0.934. The average molecular weight is 554 g/mol. The Bertz CT molecular complexity index is 1360. The second-order valence-corrected chi connectivity index (χ2v) is 12.3. The third kappa shape index (κ3) is 4.19. The van der Waals surface area contributed by atoms with Gasteiger partial charge in [0.05, 0.1) is 40.2 Å². The Hall–Kier alpha value is -2.61. The highest BCUT2D eigenvalue weighted by Crippen LogP contribution is 2.58. The molecule has 2 atom stereocenters. The monoisotopic (exact) mass is 553 g/mol.